The molecule has 36 heavy (non-hydrogen) atoms. The Morgan fingerprint density at radius 1 is 1.06 bits per heavy atom. The first kappa shape index (κ1) is 23.8. The summed E-state index contributed by atoms with van der Waals surface area (Å²) in [5.74, 6) is 0.819. The van der Waals surface area contributed by atoms with Gasteiger partial charge in [-0.3, -0.25) is 4.68 Å². The molecule has 186 valence electrons. The van der Waals surface area contributed by atoms with Crippen LogP contribution >= 0.6 is 0 Å². The van der Waals surface area contributed by atoms with E-state index in [0.29, 0.717) is 32.7 Å². The van der Waals surface area contributed by atoms with Crippen molar-refractivity contribution < 1.29 is 19.4 Å². The van der Waals surface area contributed by atoms with Crippen molar-refractivity contribution in [1.29, 1.82) is 0 Å². The standard InChI is InChI=1S/C28H30N4O4/c1-35-24-10-7-20(8-11-24)12-15-32-17-26(29-30-32)25-13-14-31(28(33)34)18-27(25)36-19-21-6-9-22-4-2-3-5-23(22)16-21/h2-11,16-17,25,27H,12-15,18-19H2,1H3,(H,33,34). The van der Waals surface area contributed by atoms with Gasteiger partial charge in [0, 0.05) is 25.2 Å². The minimum Gasteiger partial charge on any atom is -0.497 e. The first-order chi connectivity index (χ1) is 17.6. The van der Waals surface area contributed by atoms with Crippen LogP contribution in [0.4, 0.5) is 4.79 Å². The molecule has 8 nitrogen and oxygen atoms in total. The summed E-state index contributed by atoms with van der Waals surface area (Å²) in [6, 6.07) is 22.5. The molecule has 8 heteroatoms. The average Bonchev–Trinajstić information content (AvgIpc) is 3.39. The van der Waals surface area contributed by atoms with Gasteiger partial charge < -0.3 is 19.5 Å². The first-order valence-corrected chi connectivity index (χ1v) is 12.2. The van der Waals surface area contributed by atoms with Gasteiger partial charge in [-0.1, -0.05) is 53.7 Å². The van der Waals surface area contributed by atoms with Crippen LogP contribution in [0.1, 0.15) is 29.2 Å². The number of piperidine rings is 1. The Labute approximate surface area is 210 Å². The zero-order valence-corrected chi connectivity index (χ0v) is 20.3. The Kier molecular flexibility index (Phi) is 7.13. The monoisotopic (exact) mass is 486 g/mol. The van der Waals surface area contributed by atoms with E-state index in [1.807, 2.05) is 35.1 Å². The number of methoxy groups -OCH3 is 1. The number of aromatic nitrogens is 3. The summed E-state index contributed by atoms with van der Waals surface area (Å²) < 4.78 is 13.4. The highest BCUT2D eigenvalue weighted by Crippen LogP contribution is 2.30. The third-order valence-electron chi connectivity index (χ3n) is 6.83. The number of amides is 1. The fourth-order valence-electron chi connectivity index (χ4n) is 4.76. The number of carbonyl (C=O) groups is 1. The van der Waals surface area contributed by atoms with Crippen molar-refractivity contribution in [2.24, 2.45) is 0 Å². The van der Waals surface area contributed by atoms with E-state index in [-0.39, 0.29) is 12.0 Å². The van der Waals surface area contributed by atoms with E-state index in [1.54, 1.807) is 7.11 Å². The molecule has 0 bridgehead atoms. The number of carboxylic acid groups (broad SMARTS) is 1. The number of likely N-dealkylation sites (tertiary alicyclic amines) is 1. The van der Waals surface area contributed by atoms with Crippen LogP contribution in [0.5, 0.6) is 5.75 Å². The van der Waals surface area contributed by atoms with Gasteiger partial charge in [-0.15, -0.1) is 5.10 Å². The number of benzene rings is 3. The molecule has 1 amide bonds. The zero-order valence-electron chi connectivity index (χ0n) is 20.3. The van der Waals surface area contributed by atoms with E-state index in [0.717, 1.165) is 28.8 Å². The molecule has 0 aliphatic carbocycles. The second kappa shape index (κ2) is 10.8. The maximum Gasteiger partial charge on any atom is 0.407 e. The lowest BCUT2D eigenvalue weighted by Crippen LogP contribution is -2.46. The fraction of sp³-hybridized carbons (Fsp3) is 0.321. The van der Waals surface area contributed by atoms with E-state index in [1.165, 1.54) is 15.8 Å². The van der Waals surface area contributed by atoms with Gasteiger partial charge in [-0.05, 0) is 52.9 Å². The predicted octanol–water partition coefficient (Wildman–Crippen LogP) is 4.74. The molecule has 0 spiro atoms. The van der Waals surface area contributed by atoms with E-state index in [4.69, 9.17) is 9.47 Å². The van der Waals surface area contributed by atoms with Gasteiger partial charge in [0.05, 0.1) is 32.1 Å². The van der Waals surface area contributed by atoms with Gasteiger partial charge in [0.15, 0.2) is 0 Å². The lowest BCUT2D eigenvalue weighted by Gasteiger charge is -2.36. The van der Waals surface area contributed by atoms with Crippen LogP contribution < -0.4 is 4.74 Å². The Morgan fingerprint density at radius 3 is 2.61 bits per heavy atom. The van der Waals surface area contributed by atoms with Gasteiger partial charge in [-0.25, -0.2) is 4.79 Å². The molecular formula is C28H30N4O4. The van der Waals surface area contributed by atoms with Crippen molar-refractivity contribution in [3.05, 3.63) is 89.7 Å². The summed E-state index contributed by atoms with van der Waals surface area (Å²) in [6.07, 6.45) is 2.22. The molecule has 4 aromatic rings. The number of ether oxygens (including phenoxy) is 2. The second-order valence-corrected chi connectivity index (χ2v) is 9.16. The third kappa shape index (κ3) is 5.49. The zero-order chi connectivity index (χ0) is 24.9. The summed E-state index contributed by atoms with van der Waals surface area (Å²) >= 11 is 0. The Hall–Kier alpha value is -3.91. The number of aryl methyl sites for hydroxylation is 2. The van der Waals surface area contributed by atoms with Crippen LogP contribution in [0.25, 0.3) is 10.8 Å². The van der Waals surface area contributed by atoms with Crippen molar-refractivity contribution in [1.82, 2.24) is 19.9 Å². The van der Waals surface area contributed by atoms with Gasteiger partial charge >= 0.3 is 6.09 Å². The molecule has 3 aromatic carbocycles. The number of hydrogen-bond acceptors (Lipinski definition) is 5. The quantitative estimate of drug-likeness (QED) is 0.387. The summed E-state index contributed by atoms with van der Waals surface area (Å²) in [7, 11) is 1.66. The van der Waals surface area contributed by atoms with E-state index >= 15 is 0 Å². The normalized spacial score (nSPS) is 17.9. The number of hydrogen-bond donors (Lipinski definition) is 1. The molecule has 2 heterocycles. The molecule has 1 fully saturated rings. The minimum absolute atomic E-state index is 0.0178. The largest absolute Gasteiger partial charge is 0.497 e. The van der Waals surface area contributed by atoms with Crippen LogP contribution in [0, 0.1) is 0 Å². The maximum absolute atomic E-state index is 11.7. The number of fused-ring (bicyclic) bond motifs is 1. The van der Waals surface area contributed by atoms with Crippen molar-refractivity contribution in [2.45, 2.75) is 38.0 Å². The number of rotatable bonds is 8. The van der Waals surface area contributed by atoms with Crippen LogP contribution in [-0.2, 0) is 24.3 Å². The molecule has 0 radical (unpaired) electrons. The van der Waals surface area contributed by atoms with Gasteiger partial charge in [0.1, 0.15) is 5.75 Å². The Morgan fingerprint density at radius 2 is 1.83 bits per heavy atom. The Bertz CT molecular complexity index is 1320. The molecule has 0 saturated carbocycles. The molecule has 2 unspecified atom stereocenters. The average molecular weight is 487 g/mol. The van der Waals surface area contributed by atoms with Crippen LogP contribution in [-0.4, -0.2) is 57.4 Å². The van der Waals surface area contributed by atoms with E-state index in [9.17, 15) is 9.90 Å². The summed E-state index contributed by atoms with van der Waals surface area (Å²) in [5, 5.41) is 20.7. The molecule has 1 aromatic heterocycles. The van der Waals surface area contributed by atoms with E-state index < -0.39 is 6.09 Å². The first-order valence-electron chi connectivity index (χ1n) is 12.2. The lowest BCUT2D eigenvalue weighted by atomic mass is 9.91. The van der Waals surface area contributed by atoms with Crippen molar-refractivity contribution in [3.63, 3.8) is 0 Å². The van der Waals surface area contributed by atoms with Gasteiger partial charge in [-0.2, -0.15) is 0 Å². The summed E-state index contributed by atoms with van der Waals surface area (Å²) in [4.78, 5) is 13.1. The fourth-order valence-corrected chi connectivity index (χ4v) is 4.76. The molecular weight excluding hydrogens is 456 g/mol. The molecule has 2 atom stereocenters. The van der Waals surface area contributed by atoms with Gasteiger partial charge in [0.25, 0.3) is 0 Å². The molecule has 1 aliphatic rings. The van der Waals surface area contributed by atoms with E-state index in [2.05, 4.69) is 52.8 Å². The second-order valence-electron chi connectivity index (χ2n) is 9.16. The highest BCUT2D eigenvalue weighted by molar-refractivity contribution is 5.82. The van der Waals surface area contributed by atoms with Crippen molar-refractivity contribution in [3.8, 4) is 5.75 Å². The van der Waals surface area contributed by atoms with Gasteiger partial charge in [0.2, 0.25) is 0 Å². The summed E-state index contributed by atoms with van der Waals surface area (Å²) in [5.41, 5.74) is 3.10. The van der Waals surface area contributed by atoms with Crippen molar-refractivity contribution in [2.75, 3.05) is 20.2 Å². The Balaban J connectivity index is 1.26. The van der Waals surface area contributed by atoms with Crippen LogP contribution in [0.3, 0.4) is 0 Å². The lowest BCUT2D eigenvalue weighted by molar-refractivity contribution is -0.0208. The maximum atomic E-state index is 11.7. The highest BCUT2D eigenvalue weighted by atomic mass is 16.5. The predicted molar refractivity (Wildman–Crippen MR) is 136 cm³/mol. The molecule has 1 N–H and O–H groups in total. The number of nitrogens with zero attached hydrogens (tertiary/aromatic N) is 4. The summed E-state index contributed by atoms with van der Waals surface area (Å²) in [6.45, 7) is 1.88. The minimum atomic E-state index is -0.920. The highest BCUT2D eigenvalue weighted by Gasteiger charge is 2.35. The van der Waals surface area contributed by atoms with Crippen LogP contribution in [0.2, 0.25) is 0 Å². The molecule has 1 saturated heterocycles. The van der Waals surface area contributed by atoms with Crippen LogP contribution in [0.15, 0.2) is 72.9 Å². The smallest absolute Gasteiger partial charge is 0.407 e. The third-order valence-corrected chi connectivity index (χ3v) is 6.83. The molecule has 5 rings (SSSR count). The molecule has 1 aliphatic heterocycles. The van der Waals surface area contributed by atoms with Crippen molar-refractivity contribution >= 4 is 16.9 Å². The topological polar surface area (TPSA) is 89.7 Å². The SMILES string of the molecule is COc1ccc(CCn2cc(C3CCN(C(=O)O)CC3OCc3ccc4ccccc4c3)nn2)cc1.